The largest absolute Gasteiger partial charge is 0.354 e. The lowest BCUT2D eigenvalue weighted by atomic mass is 10.3. The van der Waals surface area contributed by atoms with Gasteiger partial charge in [0.2, 0.25) is 0 Å². The average molecular weight is 274 g/mol. The van der Waals surface area contributed by atoms with Gasteiger partial charge in [-0.3, -0.25) is 0 Å². The summed E-state index contributed by atoms with van der Waals surface area (Å²) in [5.41, 5.74) is 1.59. The van der Waals surface area contributed by atoms with Gasteiger partial charge in [0.15, 0.2) is 0 Å². The number of aromatic nitrogens is 1. The van der Waals surface area contributed by atoms with Crippen LogP contribution >= 0.6 is 34.8 Å². The number of benzene rings is 1. The molecule has 0 saturated heterocycles. The molecule has 2 rings (SSSR count). The summed E-state index contributed by atoms with van der Waals surface area (Å²) in [5, 5.41) is 4.71. The van der Waals surface area contributed by atoms with Crippen LogP contribution in [0.5, 0.6) is 0 Å². The second-order valence-corrected chi connectivity index (χ2v) is 4.35. The fourth-order valence-electron chi connectivity index (χ4n) is 1.23. The third kappa shape index (κ3) is 2.79. The number of anilines is 2. The van der Waals surface area contributed by atoms with Crippen molar-refractivity contribution < 1.29 is 0 Å². The average Bonchev–Trinajstić information content (AvgIpc) is 2.22. The summed E-state index contributed by atoms with van der Waals surface area (Å²) in [5.74, 6) is 0. The van der Waals surface area contributed by atoms with Gasteiger partial charge >= 0.3 is 0 Å². The molecule has 1 heterocycles. The lowest BCUT2D eigenvalue weighted by molar-refractivity contribution is 1.32. The van der Waals surface area contributed by atoms with E-state index in [9.17, 15) is 0 Å². The topological polar surface area (TPSA) is 24.9 Å². The molecular weight excluding hydrogens is 266 g/mol. The molecule has 2 nitrogen and oxygen atoms in total. The molecule has 0 radical (unpaired) electrons. The van der Waals surface area contributed by atoms with E-state index in [2.05, 4.69) is 10.3 Å². The van der Waals surface area contributed by atoms with Crippen LogP contribution in [-0.2, 0) is 0 Å². The molecule has 0 aliphatic carbocycles. The zero-order chi connectivity index (χ0) is 11.5. The maximum atomic E-state index is 6.02. The Morgan fingerprint density at radius 2 is 1.81 bits per heavy atom. The number of nitrogens with zero attached hydrogens (tertiary/aromatic N) is 1. The molecule has 0 spiro atoms. The highest BCUT2D eigenvalue weighted by molar-refractivity contribution is 6.36. The van der Waals surface area contributed by atoms with Gasteiger partial charge < -0.3 is 5.32 Å². The van der Waals surface area contributed by atoms with Gasteiger partial charge in [0, 0.05) is 16.9 Å². The van der Waals surface area contributed by atoms with Gasteiger partial charge in [-0.15, -0.1) is 0 Å². The van der Waals surface area contributed by atoms with Crippen LogP contribution in [-0.4, -0.2) is 4.98 Å². The van der Waals surface area contributed by atoms with E-state index in [0.717, 1.165) is 11.4 Å². The molecule has 1 aromatic carbocycles. The van der Waals surface area contributed by atoms with E-state index in [-0.39, 0.29) is 0 Å². The molecule has 0 fully saturated rings. The minimum Gasteiger partial charge on any atom is -0.354 e. The summed E-state index contributed by atoms with van der Waals surface area (Å²) in [6.07, 6.45) is 1.62. The first-order valence-corrected chi connectivity index (χ1v) is 5.62. The molecule has 0 amide bonds. The first-order chi connectivity index (χ1) is 7.65. The van der Waals surface area contributed by atoms with E-state index in [4.69, 9.17) is 34.8 Å². The predicted molar refractivity (Wildman–Crippen MR) is 69.0 cm³/mol. The Morgan fingerprint density at radius 1 is 1.00 bits per heavy atom. The van der Waals surface area contributed by atoms with Crippen LogP contribution in [0.15, 0.2) is 36.5 Å². The number of hydrogen-bond acceptors (Lipinski definition) is 2. The van der Waals surface area contributed by atoms with Crippen molar-refractivity contribution in [1.29, 1.82) is 0 Å². The van der Waals surface area contributed by atoms with E-state index >= 15 is 0 Å². The predicted octanol–water partition coefficient (Wildman–Crippen LogP) is 4.79. The quantitative estimate of drug-likeness (QED) is 0.796. The van der Waals surface area contributed by atoms with Gasteiger partial charge in [-0.1, -0.05) is 34.8 Å². The summed E-state index contributed by atoms with van der Waals surface area (Å²) in [7, 11) is 0. The van der Waals surface area contributed by atoms with Crippen molar-refractivity contribution in [2.24, 2.45) is 0 Å². The SMILES string of the molecule is Clc1ccc(Nc2ccnc(Cl)c2)c(Cl)c1. The Bertz CT molecular complexity index is 514. The van der Waals surface area contributed by atoms with Gasteiger partial charge in [-0.05, 0) is 30.3 Å². The maximum Gasteiger partial charge on any atom is 0.131 e. The van der Waals surface area contributed by atoms with Crippen molar-refractivity contribution in [1.82, 2.24) is 4.98 Å². The number of rotatable bonds is 2. The standard InChI is InChI=1S/C11H7Cl3N2/c12-7-1-2-10(9(13)5-7)16-8-3-4-15-11(14)6-8/h1-6H,(H,15,16). The van der Waals surface area contributed by atoms with Crippen LogP contribution in [0.1, 0.15) is 0 Å². The van der Waals surface area contributed by atoms with Crippen molar-refractivity contribution in [2.45, 2.75) is 0 Å². The second kappa shape index (κ2) is 4.91. The maximum absolute atomic E-state index is 6.02. The van der Waals surface area contributed by atoms with Crippen LogP contribution in [0.3, 0.4) is 0 Å². The van der Waals surface area contributed by atoms with Crippen LogP contribution in [0.25, 0.3) is 0 Å². The van der Waals surface area contributed by atoms with Crippen LogP contribution < -0.4 is 5.32 Å². The fraction of sp³-hybridized carbons (Fsp3) is 0. The molecule has 0 unspecified atom stereocenters. The van der Waals surface area contributed by atoms with E-state index < -0.39 is 0 Å². The van der Waals surface area contributed by atoms with E-state index in [0.29, 0.717) is 15.2 Å². The lowest BCUT2D eigenvalue weighted by Crippen LogP contribution is -1.91. The van der Waals surface area contributed by atoms with E-state index in [1.165, 1.54) is 0 Å². The van der Waals surface area contributed by atoms with Crippen LogP contribution in [0.4, 0.5) is 11.4 Å². The normalized spacial score (nSPS) is 10.2. The molecular formula is C11H7Cl3N2. The number of pyridine rings is 1. The van der Waals surface area contributed by atoms with Crippen molar-refractivity contribution in [2.75, 3.05) is 5.32 Å². The highest BCUT2D eigenvalue weighted by Crippen LogP contribution is 2.28. The fourth-order valence-corrected chi connectivity index (χ4v) is 1.86. The Balaban J connectivity index is 2.27. The van der Waals surface area contributed by atoms with Crippen molar-refractivity contribution >= 4 is 46.2 Å². The molecule has 5 heteroatoms. The summed E-state index contributed by atoms with van der Waals surface area (Å²) in [6.45, 7) is 0. The first kappa shape index (κ1) is 11.5. The van der Waals surface area contributed by atoms with Crippen LogP contribution in [0, 0.1) is 0 Å². The molecule has 0 atom stereocenters. The second-order valence-electron chi connectivity index (χ2n) is 3.12. The van der Waals surface area contributed by atoms with Crippen molar-refractivity contribution in [3.8, 4) is 0 Å². The number of hydrogen-bond donors (Lipinski definition) is 1. The summed E-state index contributed by atoms with van der Waals surface area (Å²) in [6, 6.07) is 8.76. The molecule has 1 aromatic heterocycles. The smallest absolute Gasteiger partial charge is 0.131 e. The zero-order valence-corrected chi connectivity index (χ0v) is 10.3. The van der Waals surface area contributed by atoms with Crippen molar-refractivity contribution in [3.05, 3.63) is 51.7 Å². The van der Waals surface area contributed by atoms with Gasteiger partial charge in [0.1, 0.15) is 5.15 Å². The number of halogens is 3. The zero-order valence-electron chi connectivity index (χ0n) is 8.05. The number of nitrogens with one attached hydrogen (secondary N) is 1. The van der Waals surface area contributed by atoms with Crippen molar-refractivity contribution in [3.63, 3.8) is 0 Å². The Hall–Kier alpha value is -0.960. The molecule has 82 valence electrons. The summed E-state index contributed by atoms with van der Waals surface area (Å²) in [4.78, 5) is 3.89. The Labute approximate surface area is 108 Å². The van der Waals surface area contributed by atoms with Gasteiger partial charge in [0.05, 0.1) is 10.7 Å². The third-order valence-electron chi connectivity index (χ3n) is 1.94. The monoisotopic (exact) mass is 272 g/mol. The van der Waals surface area contributed by atoms with E-state index in [1.54, 1.807) is 36.5 Å². The molecule has 1 N–H and O–H groups in total. The molecule has 0 aliphatic rings. The molecule has 0 aliphatic heterocycles. The third-order valence-corrected chi connectivity index (χ3v) is 2.69. The molecule has 16 heavy (non-hydrogen) atoms. The first-order valence-electron chi connectivity index (χ1n) is 4.49. The van der Waals surface area contributed by atoms with Gasteiger partial charge in [0.25, 0.3) is 0 Å². The Kier molecular flexibility index (Phi) is 3.54. The minimum atomic E-state index is 0.426. The summed E-state index contributed by atoms with van der Waals surface area (Å²) < 4.78 is 0. The molecule has 2 aromatic rings. The molecule has 0 saturated carbocycles. The van der Waals surface area contributed by atoms with Crippen LogP contribution in [0.2, 0.25) is 15.2 Å². The minimum absolute atomic E-state index is 0.426. The lowest BCUT2D eigenvalue weighted by Gasteiger charge is -2.08. The molecule has 0 bridgehead atoms. The Morgan fingerprint density at radius 3 is 2.50 bits per heavy atom. The van der Waals surface area contributed by atoms with Gasteiger partial charge in [-0.25, -0.2) is 4.98 Å². The highest BCUT2D eigenvalue weighted by atomic mass is 35.5. The van der Waals surface area contributed by atoms with E-state index in [1.807, 2.05) is 0 Å². The highest BCUT2D eigenvalue weighted by Gasteiger charge is 2.02. The van der Waals surface area contributed by atoms with Gasteiger partial charge in [-0.2, -0.15) is 0 Å². The summed E-state index contributed by atoms with van der Waals surface area (Å²) >= 11 is 17.6.